The molecule has 1 aliphatic rings. The summed E-state index contributed by atoms with van der Waals surface area (Å²) >= 11 is 0. The van der Waals surface area contributed by atoms with Gasteiger partial charge in [0.05, 0.1) is 6.61 Å². The zero-order valence-corrected chi connectivity index (χ0v) is 23.2. The zero-order valence-electron chi connectivity index (χ0n) is 23.2. The van der Waals surface area contributed by atoms with Gasteiger partial charge in [-0.3, -0.25) is 4.90 Å². The largest absolute Gasteiger partial charge is 0.493 e. The van der Waals surface area contributed by atoms with Crippen molar-refractivity contribution in [3.8, 4) is 5.75 Å². The first kappa shape index (κ1) is 26.1. The smallest absolute Gasteiger partial charge is 0.126 e. The Morgan fingerprint density at radius 2 is 1.97 bits per heavy atom. The minimum atomic E-state index is 0.254. The summed E-state index contributed by atoms with van der Waals surface area (Å²) in [6.45, 7) is 17.3. The van der Waals surface area contributed by atoms with Gasteiger partial charge >= 0.3 is 0 Å². The Balaban J connectivity index is 1.82. The lowest BCUT2D eigenvalue weighted by Gasteiger charge is -2.36. The van der Waals surface area contributed by atoms with Crippen molar-refractivity contribution in [3.05, 3.63) is 76.5 Å². The number of H-pyrrole nitrogens is 1. The average molecular weight is 486 g/mol. The molecule has 0 amide bonds. The molecule has 4 heteroatoms. The van der Waals surface area contributed by atoms with Crippen molar-refractivity contribution in [3.63, 3.8) is 0 Å². The number of benzene rings is 2. The molecule has 1 fully saturated rings. The van der Waals surface area contributed by atoms with Crippen LogP contribution in [0.4, 0.5) is 0 Å². The Morgan fingerprint density at radius 3 is 2.69 bits per heavy atom. The van der Waals surface area contributed by atoms with Gasteiger partial charge in [-0.15, -0.1) is 0 Å². The Morgan fingerprint density at radius 1 is 1.17 bits per heavy atom. The van der Waals surface area contributed by atoms with E-state index in [1.807, 2.05) is 6.20 Å². The highest BCUT2D eigenvalue weighted by molar-refractivity contribution is 5.85. The standard InChI is InChI=1S/C32H43N3O/c1-22(2)20-36-30-10-8-9-23(3)27(30)18-24-14-16-35(21-32(4,5)6)19-28(24)31(33-7)26-11-12-29-25(17-26)13-15-34-29/h8-13,15,17-18,22,33-34H,14,16,19-21H2,1-7H3/b24-18-,31-28-. The maximum absolute atomic E-state index is 6.26. The summed E-state index contributed by atoms with van der Waals surface area (Å²) in [5.74, 6) is 1.47. The van der Waals surface area contributed by atoms with Gasteiger partial charge in [0.15, 0.2) is 0 Å². The molecule has 192 valence electrons. The minimum absolute atomic E-state index is 0.254. The molecule has 0 bridgehead atoms. The predicted octanol–water partition coefficient (Wildman–Crippen LogP) is 7.28. The van der Waals surface area contributed by atoms with Gasteiger partial charge in [0.1, 0.15) is 5.75 Å². The average Bonchev–Trinajstić information content (AvgIpc) is 3.28. The second-order valence-electron chi connectivity index (χ2n) is 11.8. The third-order valence-electron chi connectivity index (χ3n) is 6.73. The maximum Gasteiger partial charge on any atom is 0.126 e. The van der Waals surface area contributed by atoms with E-state index in [1.165, 1.54) is 44.4 Å². The normalized spacial score (nSPS) is 17.7. The number of nitrogens with zero attached hydrogens (tertiary/aromatic N) is 1. The highest BCUT2D eigenvalue weighted by Crippen LogP contribution is 2.35. The van der Waals surface area contributed by atoms with Gasteiger partial charge in [0.2, 0.25) is 0 Å². The molecule has 1 aromatic heterocycles. The molecule has 4 nitrogen and oxygen atoms in total. The van der Waals surface area contributed by atoms with Gasteiger partial charge in [-0.1, -0.05) is 52.8 Å². The van der Waals surface area contributed by atoms with E-state index in [0.29, 0.717) is 5.92 Å². The van der Waals surface area contributed by atoms with Crippen LogP contribution >= 0.6 is 0 Å². The van der Waals surface area contributed by atoms with E-state index in [2.05, 4.69) is 112 Å². The molecule has 0 unspecified atom stereocenters. The highest BCUT2D eigenvalue weighted by atomic mass is 16.5. The van der Waals surface area contributed by atoms with Crippen LogP contribution in [0.15, 0.2) is 59.8 Å². The monoisotopic (exact) mass is 485 g/mol. The SMILES string of the molecule is CN/C(=C1/CN(CC(C)(C)C)CC/C1=C/c1c(C)cccc1OCC(C)C)c1ccc2[nH]ccc2c1. The Labute approximate surface area is 217 Å². The summed E-state index contributed by atoms with van der Waals surface area (Å²) in [6, 6.07) is 15.2. The van der Waals surface area contributed by atoms with Gasteiger partial charge in [-0.2, -0.15) is 0 Å². The van der Waals surface area contributed by atoms with Crippen molar-refractivity contribution in [1.82, 2.24) is 15.2 Å². The van der Waals surface area contributed by atoms with Crippen LogP contribution in [-0.4, -0.2) is 43.2 Å². The van der Waals surface area contributed by atoms with Crippen LogP contribution < -0.4 is 10.1 Å². The summed E-state index contributed by atoms with van der Waals surface area (Å²) < 4.78 is 6.26. The number of rotatable bonds is 7. The van der Waals surface area contributed by atoms with Crippen LogP contribution in [0.2, 0.25) is 0 Å². The Bertz CT molecular complexity index is 1260. The molecule has 36 heavy (non-hydrogen) atoms. The van der Waals surface area contributed by atoms with Crippen molar-refractivity contribution in [2.24, 2.45) is 11.3 Å². The first-order valence-electron chi connectivity index (χ1n) is 13.3. The molecule has 0 spiro atoms. The van der Waals surface area contributed by atoms with Gasteiger partial charge in [0, 0.05) is 55.0 Å². The molecule has 2 N–H and O–H groups in total. The van der Waals surface area contributed by atoms with E-state index < -0.39 is 0 Å². The lowest BCUT2D eigenvalue weighted by Crippen LogP contribution is -2.39. The van der Waals surface area contributed by atoms with Crippen molar-refractivity contribution < 1.29 is 4.74 Å². The molecule has 1 saturated heterocycles. The number of ether oxygens (including phenoxy) is 1. The maximum atomic E-state index is 6.26. The summed E-state index contributed by atoms with van der Waals surface area (Å²) in [4.78, 5) is 5.92. The number of piperidine rings is 1. The first-order valence-corrected chi connectivity index (χ1v) is 13.3. The third kappa shape index (κ3) is 6.22. The fraction of sp³-hybridized carbons (Fsp3) is 0.438. The van der Waals surface area contributed by atoms with Crippen LogP contribution in [0.3, 0.4) is 0 Å². The number of aromatic amines is 1. The predicted molar refractivity (Wildman–Crippen MR) is 154 cm³/mol. The van der Waals surface area contributed by atoms with E-state index in [9.17, 15) is 0 Å². The van der Waals surface area contributed by atoms with E-state index in [4.69, 9.17) is 4.74 Å². The molecule has 2 heterocycles. The number of hydrogen-bond donors (Lipinski definition) is 2. The number of fused-ring (bicyclic) bond motifs is 1. The summed E-state index contributed by atoms with van der Waals surface area (Å²) in [6.07, 6.45) is 5.41. The molecule has 3 aromatic rings. The van der Waals surface area contributed by atoms with E-state index >= 15 is 0 Å². The minimum Gasteiger partial charge on any atom is -0.493 e. The van der Waals surface area contributed by atoms with Crippen LogP contribution in [0.25, 0.3) is 22.7 Å². The molecule has 1 aliphatic heterocycles. The van der Waals surface area contributed by atoms with Crippen molar-refractivity contribution in [2.45, 2.75) is 48.0 Å². The second-order valence-corrected chi connectivity index (χ2v) is 11.8. The van der Waals surface area contributed by atoms with Crippen molar-refractivity contribution >= 4 is 22.7 Å². The highest BCUT2D eigenvalue weighted by Gasteiger charge is 2.26. The zero-order chi connectivity index (χ0) is 25.9. The molecule has 0 atom stereocenters. The first-order chi connectivity index (χ1) is 17.1. The lowest BCUT2D eigenvalue weighted by molar-refractivity contribution is 0.198. The molecular weight excluding hydrogens is 442 g/mol. The van der Waals surface area contributed by atoms with Crippen LogP contribution in [-0.2, 0) is 0 Å². The third-order valence-corrected chi connectivity index (χ3v) is 6.73. The quantitative estimate of drug-likeness (QED) is 0.369. The van der Waals surface area contributed by atoms with Crippen LogP contribution in [0.5, 0.6) is 5.75 Å². The second kappa shape index (κ2) is 11.0. The number of likely N-dealkylation sites (tertiary alicyclic amines) is 1. The fourth-order valence-electron chi connectivity index (χ4n) is 5.11. The Hall–Kier alpha value is -2.98. The molecule has 2 aromatic carbocycles. The lowest BCUT2D eigenvalue weighted by atomic mass is 9.88. The number of nitrogens with one attached hydrogen (secondary N) is 2. The molecule has 0 radical (unpaired) electrons. The van der Waals surface area contributed by atoms with Crippen LogP contribution in [0, 0.1) is 18.3 Å². The molecule has 4 rings (SSSR count). The Kier molecular flexibility index (Phi) is 7.94. The number of aryl methyl sites for hydroxylation is 1. The van der Waals surface area contributed by atoms with Crippen molar-refractivity contribution in [2.75, 3.05) is 33.3 Å². The molecular formula is C32H43N3O. The van der Waals surface area contributed by atoms with Crippen LogP contribution in [0.1, 0.15) is 57.7 Å². The van der Waals surface area contributed by atoms with Crippen molar-refractivity contribution in [1.29, 1.82) is 0 Å². The van der Waals surface area contributed by atoms with E-state index in [0.717, 1.165) is 38.4 Å². The van der Waals surface area contributed by atoms with Gasteiger partial charge in [-0.25, -0.2) is 0 Å². The van der Waals surface area contributed by atoms with Gasteiger partial charge < -0.3 is 15.0 Å². The molecule has 0 aliphatic carbocycles. The van der Waals surface area contributed by atoms with E-state index in [-0.39, 0.29) is 5.41 Å². The summed E-state index contributed by atoms with van der Waals surface area (Å²) in [5.41, 5.74) is 9.07. The van der Waals surface area contributed by atoms with Gasteiger partial charge in [0.25, 0.3) is 0 Å². The topological polar surface area (TPSA) is 40.3 Å². The van der Waals surface area contributed by atoms with Gasteiger partial charge in [-0.05, 0) is 77.3 Å². The summed E-state index contributed by atoms with van der Waals surface area (Å²) in [5, 5.41) is 4.82. The fourth-order valence-corrected chi connectivity index (χ4v) is 5.11. The number of aromatic nitrogens is 1. The number of hydrogen-bond acceptors (Lipinski definition) is 3. The molecule has 0 saturated carbocycles. The summed E-state index contributed by atoms with van der Waals surface area (Å²) in [7, 11) is 2.05. The van der Waals surface area contributed by atoms with E-state index in [1.54, 1.807) is 0 Å².